The summed E-state index contributed by atoms with van der Waals surface area (Å²) in [5, 5.41) is 4.21. The highest BCUT2D eigenvalue weighted by molar-refractivity contribution is 5.83. The minimum atomic E-state index is -0.427. The summed E-state index contributed by atoms with van der Waals surface area (Å²) in [6.45, 7) is 1.98. The van der Waals surface area contributed by atoms with Gasteiger partial charge in [-0.2, -0.15) is 5.10 Å². The molecule has 0 unspecified atom stereocenters. The van der Waals surface area contributed by atoms with Gasteiger partial charge in [0.25, 0.3) is 0 Å². The van der Waals surface area contributed by atoms with Crippen molar-refractivity contribution in [1.82, 2.24) is 9.66 Å². The Morgan fingerprint density at radius 2 is 1.88 bits per heavy atom. The molecule has 0 aliphatic heterocycles. The zero-order valence-corrected chi connectivity index (χ0v) is 13.5. The molecule has 128 valence electrons. The number of nitrogen functional groups attached to an aromatic ring is 1. The van der Waals surface area contributed by atoms with Gasteiger partial charge in [0.2, 0.25) is 5.95 Å². The number of anilines is 1. The van der Waals surface area contributed by atoms with Gasteiger partial charge in [0, 0.05) is 11.6 Å². The first-order chi connectivity index (χ1) is 12.0. The molecule has 3 rings (SSSR count). The Labute approximate surface area is 143 Å². The summed E-state index contributed by atoms with van der Waals surface area (Å²) in [6.07, 6.45) is 3.19. The molecule has 1 heterocycles. The molecule has 2 aromatic carbocycles. The van der Waals surface area contributed by atoms with Gasteiger partial charge in [-0.3, -0.25) is 0 Å². The quantitative estimate of drug-likeness (QED) is 0.722. The van der Waals surface area contributed by atoms with Crippen molar-refractivity contribution in [3.8, 4) is 5.75 Å². The number of imidazole rings is 1. The topological polar surface area (TPSA) is 65.4 Å². The van der Waals surface area contributed by atoms with E-state index in [9.17, 15) is 8.78 Å². The second-order valence-corrected chi connectivity index (χ2v) is 5.43. The van der Waals surface area contributed by atoms with Crippen LogP contribution in [0, 0.1) is 18.6 Å². The van der Waals surface area contributed by atoms with Crippen molar-refractivity contribution in [3.63, 3.8) is 0 Å². The lowest BCUT2D eigenvalue weighted by atomic mass is 10.2. The van der Waals surface area contributed by atoms with Crippen LogP contribution in [0.15, 0.2) is 53.8 Å². The normalized spacial score (nSPS) is 11.2. The van der Waals surface area contributed by atoms with E-state index in [2.05, 4.69) is 10.1 Å². The minimum Gasteiger partial charge on any atom is -0.488 e. The van der Waals surface area contributed by atoms with Crippen molar-refractivity contribution < 1.29 is 13.5 Å². The predicted molar refractivity (Wildman–Crippen MR) is 91.5 cm³/mol. The van der Waals surface area contributed by atoms with Crippen LogP contribution >= 0.6 is 0 Å². The zero-order chi connectivity index (χ0) is 17.8. The van der Waals surface area contributed by atoms with E-state index in [4.69, 9.17) is 10.5 Å². The van der Waals surface area contributed by atoms with Crippen LogP contribution in [-0.2, 0) is 6.61 Å². The molecule has 5 nitrogen and oxygen atoms in total. The van der Waals surface area contributed by atoms with E-state index in [0.717, 1.165) is 11.3 Å². The van der Waals surface area contributed by atoms with Gasteiger partial charge in [-0.25, -0.2) is 18.4 Å². The third-order valence-corrected chi connectivity index (χ3v) is 3.44. The average Bonchev–Trinajstić information content (AvgIpc) is 2.91. The molecule has 25 heavy (non-hydrogen) atoms. The highest BCUT2D eigenvalue weighted by Crippen LogP contribution is 2.20. The van der Waals surface area contributed by atoms with Gasteiger partial charge in [0.05, 0.1) is 18.1 Å². The fourth-order valence-electron chi connectivity index (χ4n) is 2.20. The second kappa shape index (κ2) is 7.12. The Hall–Kier alpha value is -3.22. The number of aromatic nitrogens is 2. The average molecular weight is 342 g/mol. The third kappa shape index (κ3) is 4.20. The summed E-state index contributed by atoms with van der Waals surface area (Å²) in [6, 6.07) is 10.0. The Bertz CT molecular complexity index is 904. The molecule has 0 saturated heterocycles. The van der Waals surface area contributed by atoms with Crippen LogP contribution < -0.4 is 10.5 Å². The van der Waals surface area contributed by atoms with Gasteiger partial charge < -0.3 is 10.5 Å². The van der Waals surface area contributed by atoms with E-state index in [1.165, 1.54) is 35.2 Å². The number of hydrogen-bond acceptors (Lipinski definition) is 4. The molecule has 2 N–H and O–H groups in total. The SMILES string of the molecule is Cc1cn(N=Cc2ccc(F)cc2OCc2ccc(F)cc2)c(N)n1. The number of halogens is 2. The molecular weight excluding hydrogens is 326 g/mol. The number of benzene rings is 2. The molecule has 7 heteroatoms. The lowest BCUT2D eigenvalue weighted by molar-refractivity contribution is 0.304. The largest absolute Gasteiger partial charge is 0.488 e. The summed E-state index contributed by atoms with van der Waals surface area (Å²) in [7, 11) is 0. The van der Waals surface area contributed by atoms with Gasteiger partial charge in [-0.05, 0) is 36.8 Å². The van der Waals surface area contributed by atoms with E-state index in [0.29, 0.717) is 11.3 Å². The fraction of sp³-hybridized carbons (Fsp3) is 0.111. The highest BCUT2D eigenvalue weighted by atomic mass is 19.1. The minimum absolute atomic E-state index is 0.177. The lowest BCUT2D eigenvalue weighted by Crippen LogP contribution is -2.01. The van der Waals surface area contributed by atoms with E-state index in [-0.39, 0.29) is 18.4 Å². The molecule has 0 amide bonds. The lowest BCUT2D eigenvalue weighted by Gasteiger charge is -2.09. The van der Waals surface area contributed by atoms with Crippen LogP contribution in [-0.4, -0.2) is 15.9 Å². The summed E-state index contributed by atoms with van der Waals surface area (Å²) in [5.74, 6) is -0.173. The van der Waals surface area contributed by atoms with Crippen LogP contribution in [0.5, 0.6) is 5.75 Å². The standard InChI is InChI=1S/C18H16F2N4O/c1-12-10-24(18(21)23-12)22-9-14-4-7-16(20)8-17(14)25-11-13-2-5-15(19)6-3-13/h2-10H,11H2,1H3,(H2,21,23). The molecular formula is C18H16F2N4O. The molecule has 0 radical (unpaired) electrons. The van der Waals surface area contributed by atoms with Gasteiger partial charge in [0.15, 0.2) is 0 Å². The van der Waals surface area contributed by atoms with Crippen molar-refractivity contribution in [2.45, 2.75) is 13.5 Å². The molecule has 0 aliphatic rings. The number of hydrogen-bond donors (Lipinski definition) is 1. The zero-order valence-electron chi connectivity index (χ0n) is 13.5. The summed E-state index contributed by atoms with van der Waals surface area (Å²) in [4.78, 5) is 4.05. The van der Waals surface area contributed by atoms with Crippen LogP contribution in [0.2, 0.25) is 0 Å². The summed E-state index contributed by atoms with van der Waals surface area (Å²) < 4.78 is 33.6. The maximum absolute atomic E-state index is 13.5. The van der Waals surface area contributed by atoms with Crippen molar-refractivity contribution in [3.05, 3.63) is 77.1 Å². The molecule has 0 saturated carbocycles. The highest BCUT2D eigenvalue weighted by Gasteiger charge is 2.06. The van der Waals surface area contributed by atoms with Gasteiger partial charge >= 0.3 is 0 Å². The second-order valence-electron chi connectivity index (χ2n) is 5.43. The van der Waals surface area contributed by atoms with E-state index in [1.807, 2.05) is 0 Å². The van der Waals surface area contributed by atoms with Crippen molar-refractivity contribution in [1.29, 1.82) is 0 Å². The van der Waals surface area contributed by atoms with Crippen molar-refractivity contribution >= 4 is 12.2 Å². The fourth-order valence-corrected chi connectivity index (χ4v) is 2.20. The summed E-state index contributed by atoms with van der Waals surface area (Å²) >= 11 is 0. The van der Waals surface area contributed by atoms with Crippen molar-refractivity contribution in [2.24, 2.45) is 5.10 Å². The number of nitrogens with two attached hydrogens (primary N) is 1. The Kier molecular flexibility index (Phi) is 4.74. The molecule has 0 atom stereocenters. The van der Waals surface area contributed by atoms with E-state index in [1.54, 1.807) is 31.3 Å². The third-order valence-electron chi connectivity index (χ3n) is 3.44. The molecule has 3 aromatic rings. The molecule has 0 aliphatic carbocycles. The molecule has 1 aromatic heterocycles. The maximum atomic E-state index is 13.5. The first-order valence-corrected chi connectivity index (χ1v) is 7.54. The van der Waals surface area contributed by atoms with Crippen LogP contribution in [0.25, 0.3) is 0 Å². The Morgan fingerprint density at radius 3 is 2.56 bits per heavy atom. The number of nitrogens with zero attached hydrogens (tertiary/aromatic N) is 3. The van der Waals surface area contributed by atoms with Crippen LogP contribution in [0.4, 0.5) is 14.7 Å². The first-order valence-electron chi connectivity index (χ1n) is 7.54. The number of rotatable bonds is 5. The number of aryl methyl sites for hydroxylation is 1. The van der Waals surface area contributed by atoms with Gasteiger partial charge in [-0.1, -0.05) is 12.1 Å². The van der Waals surface area contributed by atoms with Crippen LogP contribution in [0.1, 0.15) is 16.8 Å². The summed E-state index contributed by atoms with van der Waals surface area (Å²) in [5.41, 5.74) is 7.81. The maximum Gasteiger partial charge on any atom is 0.221 e. The smallest absolute Gasteiger partial charge is 0.221 e. The number of ether oxygens (including phenoxy) is 1. The van der Waals surface area contributed by atoms with Crippen LogP contribution in [0.3, 0.4) is 0 Å². The predicted octanol–water partition coefficient (Wildman–Crippen LogP) is 3.51. The molecule has 0 spiro atoms. The molecule has 0 fully saturated rings. The van der Waals surface area contributed by atoms with Crippen molar-refractivity contribution in [2.75, 3.05) is 5.73 Å². The van der Waals surface area contributed by atoms with Gasteiger partial charge in [-0.15, -0.1) is 0 Å². The van der Waals surface area contributed by atoms with E-state index >= 15 is 0 Å². The van der Waals surface area contributed by atoms with Gasteiger partial charge in [0.1, 0.15) is 24.0 Å². The monoisotopic (exact) mass is 342 g/mol. The first kappa shape index (κ1) is 16.6. The van der Waals surface area contributed by atoms with E-state index < -0.39 is 5.82 Å². The Balaban J connectivity index is 1.80. The Morgan fingerprint density at radius 1 is 1.16 bits per heavy atom. The molecule has 0 bridgehead atoms.